The van der Waals surface area contributed by atoms with Crippen molar-refractivity contribution in [1.82, 2.24) is 5.32 Å². The van der Waals surface area contributed by atoms with Gasteiger partial charge in [-0.15, -0.1) is 11.8 Å². The highest BCUT2D eigenvalue weighted by molar-refractivity contribution is 7.98. The van der Waals surface area contributed by atoms with Gasteiger partial charge in [-0.25, -0.2) is 0 Å². The molecule has 0 aliphatic heterocycles. The lowest BCUT2D eigenvalue weighted by atomic mass is 10.1. The molecule has 0 unspecified atom stereocenters. The van der Waals surface area contributed by atoms with Crippen molar-refractivity contribution < 1.29 is 4.79 Å². The van der Waals surface area contributed by atoms with Gasteiger partial charge in [-0.2, -0.15) is 0 Å². The summed E-state index contributed by atoms with van der Waals surface area (Å²) in [6.45, 7) is 2.00. The van der Waals surface area contributed by atoms with Crippen LogP contribution in [0, 0.1) is 0 Å². The van der Waals surface area contributed by atoms with Gasteiger partial charge in [0.15, 0.2) is 0 Å². The van der Waals surface area contributed by atoms with Crippen LogP contribution in [0.15, 0.2) is 89.8 Å². The minimum absolute atomic E-state index is 0.0120. The van der Waals surface area contributed by atoms with Gasteiger partial charge >= 0.3 is 0 Å². The summed E-state index contributed by atoms with van der Waals surface area (Å²) in [5.74, 6) is 0.852. The van der Waals surface area contributed by atoms with Gasteiger partial charge in [0.1, 0.15) is 0 Å². The number of amides is 1. The van der Waals surface area contributed by atoms with E-state index in [2.05, 4.69) is 17.4 Å². The average Bonchev–Trinajstić information content (AvgIpc) is 2.68. The molecule has 0 radical (unpaired) electrons. The number of thioether (sulfide) groups is 1. The summed E-state index contributed by atoms with van der Waals surface area (Å²) >= 11 is 1.80. The monoisotopic (exact) mass is 347 g/mol. The molecule has 0 heterocycles. The first kappa shape index (κ1) is 17.3. The smallest absolute Gasteiger partial charge is 0.251 e. The molecule has 0 bridgehead atoms. The third-order valence-corrected chi connectivity index (χ3v) is 5.10. The van der Waals surface area contributed by atoms with Gasteiger partial charge in [0.25, 0.3) is 5.91 Å². The van der Waals surface area contributed by atoms with Crippen molar-refractivity contribution in [1.29, 1.82) is 0 Å². The Bertz CT molecular complexity index is 800. The Morgan fingerprint density at radius 1 is 0.880 bits per heavy atom. The molecular weight excluding hydrogens is 326 g/mol. The summed E-state index contributed by atoms with van der Waals surface area (Å²) in [6.07, 6.45) is 0. The van der Waals surface area contributed by atoms with Crippen molar-refractivity contribution in [2.45, 2.75) is 23.6 Å². The van der Waals surface area contributed by atoms with E-state index in [1.54, 1.807) is 11.8 Å². The van der Waals surface area contributed by atoms with Crippen molar-refractivity contribution in [3.8, 4) is 0 Å². The minimum atomic E-state index is -0.0429. The van der Waals surface area contributed by atoms with Gasteiger partial charge < -0.3 is 5.32 Å². The topological polar surface area (TPSA) is 29.1 Å². The van der Waals surface area contributed by atoms with E-state index in [9.17, 15) is 4.79 Å². The molecule has 3 aromatic rings. The van der Waals surface area contributed by atoms with E-state index in [1.807, 2.05) is 79.7 Å². The van der Waals surface area contributed by atoms with Gasteiger partial charge in [-0.3, -0.25) is 4.79 Å². The first-order valence-corrected chi connectivity index (χ1v) is 9.33. The third kappa shape index (κ3) is 4.97. The first-order chi connectivity index (χ1) is 12.2. The van der Waals surface area contributed by atoms with Crippen molar-refractivity contribution in [2.24, 2.45) is 0 Å². The maximum atomic E-state index is 12.4. The summed E-state index contributed by atoms with van der Waals surface area (Å²) in [5.41, 5.74) is 3.00. The summed E-state index contributed by atoms with van der Waals surface area (Å²) in [7, 11) is 0. The van der Waals surface area contributed by atoms with Crippen LogP contribution in [0.5, 0.6) is 0 Å². The zero-order valence-corrected chi connectivity index (χ0v) is 15.0. The molecule has 0 aliphatic rings. The van der Waals surface area contributed by atoms with Gasteiger partial charge in [0, 0.05) is 16.2 Å². The quantitative estimate of drug-likeness (QED) is 0.599. The lowest BCUT2D eigenvalue weighted by molar-refractivity contribution is 0.0940. The number of hydrogen-bond donors (Lipinski definition) is 1. The fourth-order valence-electron chi connectivity index (χ4n) is 2.54. The van der Waals surface area contributed by atoms with Crippen LogP contribution >= 0.6 is 11.8 Å². The maximum Gasteiger partial charge on any atom is 0.251 e. The van der Waals surface area contributed by atoms with Crippen LogP contribution in [-0.4, -0.2) is 5.91 Å². The highest BCUT2D eigenvalue weighted by atomic mass is 32.2. The summed E-state index contributed by atoms with van der Waals surface area (Å²) in [4.78, 5) is 13.7. The molecule has 3 aromatic carbocycles. The fourth-order valence-corrected chi connectivity index (χ4v) is 3.42. The Hall–Kier alpha value is -2.52. The molecule has 0 aliphatic carbocycles. The van der Waals surface area contributed by atoms with Crippen LogP contribution in [0.4, 0.5) is 0 Å². The van der Waals surface area contributed by atoms with Crippen molar-refractivity contribution >= 4 is 17.7 Å². The molecule has 1 atom stereocenters. The van der Waals surface area contributed by atoms with E-state index >= 15 is 0 Å². The van der Waals surface area contributed by atoms with E-state index in [-0.39, 0.29) is 11.9 Å². The summed E-state index contributed by atoms with van der Waals surface area (Å²) in [5, 5.41) is 3.05. The van der Waals surface area contributed by atoms with Gasteiger partial charge in [-0.05, 0) is 42.3 Å². The Balaban J connectivity index is 1.57. The lowest BCUT2D eigenvalue weighted by Crippen LogP contribution is -2.26. The molecular formula is C22H21NOS. The zero-order valence-electron chi connectivity index (χ0n) is 14.2. The molecule has 0 saturated carbocycles. The SMILES string of the molecule is C[C@H](NC(=O)c1ccc(CSc2ccccc2)cc1)c1ccccc1. The highest BCUT2D eigenvalue weighted by Gasteiger charge is 2.11. The summed E-state index contributed by atoms with van der Waals surface area (Å²) < 4.78 is 0. The van der Waals surface area contributed by atoms with Crippen LogP contribution in [-0.2, 0) is 5.75 Å². The van der Waals surface area contributed by atoms with E-state index in [4.69, 9.17) is 0 Å². The molecule has 1 amide bonds. The van der Waals surface area contributed by atoms with Crippen LogP contribution in [0.1, 0.15) is 34.5 Å². The van der Waals surface area contributed by atoms with Crippen molar-refractivity contribution in [2.75, 3.05) is 0 Å². The van der Waals surface area contributed by atoms with Crippen LogP contribution in [0.25, 0.3) is 0 Å². The Labute approximate surface area is 153 Å². The largest absolute Gasteiger partial charge is 0.346 e. The second-order valence-corrected chi connectivity index (χ2v) is 6.95. The lowest BCUT2D eigenvalue weighted by Gasteiger charge is -2.14. The third-order valence-electron chi connectivity index (χ3n) is 4.01. The predicted molar refractivity (Wildman–Crippen MR) is 105 cm³/mol. The number of nitrogens with one attached hydrogen (secondary N) is 1. The molecule has 126 valence electrons. The van der Waals surface area contributed by atoms with Crippen molar-refractivity contribution in [3.05, 3.63) is 102 Å². The number of carbonyl (C=O) groups excluding carboxylic acids is 1. The van der Waals surface area contributed by atoms with Gasteiger partial charge in [-0.1, -0.05) is 60.7 Å². The van der Waals surface area contributed by atoms with Gasteiger partial charge in [0.2, 0.25) is 0 Å². The fraction of sp³-hybridized carbons (Fsp3) is 0.136. The van der Waals surface area contributed by atoms with Crippen LogP contribution in [0.3, 0.4) is 0 Å². The Morgan fingerprint density at radius 2 is 1.48 bits per heavy atom. The molecule has 0 spiro atoms. The van der Waals surface area contributed by atoms with E-state index in [0.29, 0.717) is 5.56 Å². The van der Waals surface area contributed by atoms with Crippen LogP contribution in [0.2, 0.25) is 0 Å². The van der Waals surface area contributed by atoms with E-state index in [0.717, 1.165) is 11.3 Å². The number of hydrogen-bond acceptors (Lipinski definition) is 2. The molecule has 3 rings (SSSR count). The Morgan fingerprint density at radius 3 is 2.12 bits per heavy atom. The molecule has 0 saturated heterocycles. The number of rotatable bonds is 6. The molecule has 3 heteroatoms. The van der Waals surface area contributed by atoms with Crippen LogP contribution < -0.4 is 5.32 Å². The second kappa shape index (κ2) is 8.54. The Kier molecular flexibility index (Phi) is 5.91. The van der Waals surface area contributed by atoms with Gasteiger partial charge in [0.05, 0.1) is 6.04 Å². The normalized spacial score (nSPS) is 11.7. The maximum absolute atomic E-state index is 12.4. The molecule has 0 fully saturated rings. The minimum Gasteiger partial charge on any atom is -0.346 e. The number of benzene rings is 3. The predicted octanol–water partition coefficient (Wildman–Crippen LogP) is 5.47. The zero-order chi connectivity index (χ0) is 17.5. The molecule has 2 nitrogen and oxygen atoms in total. The number of carbonyl (C=O) groups is 1. The molecule has 0 aromatic heterocycles. The highest BCUT2D eigenvalue weighted by Crippen LogP contribution is 2.22. The molecule has 1 N–H and O–H groups in total. The van der Waals surface area contributed by atoms with E-state index in [1.165, 1.54) is 10.5 Å². The summed E-state index contributed by atoms with van der Waals surface area (Å²) in [6, 6.07) is 28.2. The average molecular weight is 347 g/mol. The standard InChI is InChI=1S/C22H21NOS/c1-17(19-8-4-2-5-9-19)23-22(24)20-14-12-18(13-15-20)16-25-21-10-6-3-7-11-21/h2-15,17H,16H2,1H3,(H,23,24)/t17-/m0/s1. The first-order valence-electron chi connectivity index (χ1n) is 8.35. The van der Waals surface area contributed by atoms with Crippen molar-refractivity contribution in [3.63, 3.8) is 0 Å². The molecule has 25 heavy (non-hydrogen) atoms. The second-order valence-electron chi connectivity index (χ2n) is 5.90. The van der Waals surface area contributed by atoms with E-state index < -0.39 is 0 Å².